The highest BCUT2D eigenvalue weighted by molar-refractivity contribution is 5.50. The lowest BCUT2D eigenvalue weighted by Crippen LogP contribution is -2.28. The normalized spacial score (nSPS) is 20.6. The summed E-state index contributed by atoms with van der Waals surface area (Å²) in [4.78, 5) is 0. The summed E-state index contributed by atoms with van der Waals surface area (Å²) in [6.45, 7) is 0. The molecule has 1 aliphatic carbocycles. The average molecular weight is 202 g/mol. The first-order chi connectivity index (χ1) is 7.29. The number of hydrogen-bond donors (Lipinski definition) is 1. The van der Waals surface area contributed by atoms with Gasteiger partial charge in [0.1, 0.15) is 0 Å². The number of aliphatic hydroxyl groups is 1. The SMILES string of the molecule is OC1(/C=C/c2ccccc2)CCCCC1. The molecule has 1 nitrogen and oxygen atoms in total. The standard InChI is InChI=1S/C14H18O/c15-14(10-5-2-6-11-14)12-9-13-7-3-1-4-8-13/h1,3-4,7-9,12,15H,2,5-6,10-11H2/b12-9+. The number of benzene rings is 1. The van der Waals surface area contributed by atoms with Crippen molar-refractivity contribution in [2.75, 3.05) is 0 Å². The molecule has 1 N–H and O–H groups in total. The van der Waals surface area contributed by atoms with Crippen molar-refractivity contribution >= 4 is 6.08 Å². The zero-order valence-electron chi connectivity index (χ0n) is 9.02. The van der Waals surface area contributed by atoms with Gasteiger partial charge in [0, 0.05) is 0 Å². The molecule has 2 rings (SSSR count). The van der Waals surface area contributed by atoms with Crippen molar-refractivity contribution in [2.45, 2.75) is 37.7 Å². The van der Waals surface area contributed by atoms with Gasteiger partial charge in [-0.2, -0.15) is 0 Å². The van der Waals surface area contributed by atoms with Crippen molar-refractivity contribution in [2.24, 2.45) is 0 Å². The van der Waals surface area contributed by atoms with Crippen LogP contribution in [-0.4, -0.2) is 10.7 Å². The van der Waals surface area contributed by atoms with Crippen molar-refractivity contribution in [1.82, 2.24) is 0 Å². The second-order valence-electron chi connectivity index (χ2n) is 4.41. The van der Waals surface area contributed by atoms with Crippen LogP contribution < -0.4 is 0 Å². The van der Waals surface area contributed by atoms with Crippen LogP contribution in [0.2, 0.25) is 0 Å². The van der Waals surface area contributed by atoms with Crippen molar-refractivity contribution in [3.05, 3.63) is 42.0 Å². The van der Waals surface area contributed by atoms with Crippen LogP contribution in [-0.2, 0) is 0 Å². The topological polar surface area (TPSA) is 20.2 Å². The van der Waals surface area contributed by atoms with Crippen LogP contribution >= 0.6 is 0 Å². The zero-order chi connectivity index (χ0) is 10.6. The molecule has 1 aromatic rings. The minimum Gasteiger partial charge on any atom is -0.386 e. The summed E-state index contributed by atoms with van der Waals surface area (Å²) < 4.78 is 0. The van der Waals surface area contributed by atoms with Gasteiger partial charge in [0.25, 0.3) is 0 Å². The van der Waals surface area contributed by atoms with E-state index in [0.717, 1.165) is 31.2 Å². The maximum Gasteiger partial charge on any atom is 0.0830 e. The Morgan fingerprint density at radius 1 is 1.00 bits per heavy atom. The van der Waals surface area contributed by atoms with Gasteiger partial charge < -0.3 is 5.11 Å². The van der Waals surface area contributed by atoms with Crippen molar-refractivity contribution in [3.8, 4) is 0 Å². The van der Waals surface area contributed by atoms with E-state index in [-0.39, 0.29) is 0 Å². The van der Waals surface area contributed by atoms with Crippen molar-refractivity contribution < 1.29 is 5.11 Å². The predicted octanol–water partition coefficient (Wildman–Crippen LogP) is 3.40. The molecule has 0 heterocycles. The van der Waals surface area contributed by atoms with E-state index >= 15 is 0 Å². The third-order valence-electron chi connectivity index (χ3n) is 3.10. The van der Waals surface area contributed by atoms with E-state index in [1.807, 2.05) is 30.4 Å². The molecule has 0 bridgehead atoms. The summed E-state index contributed by atoms with van der Waals surface area (Å²) in [6.07, 6.45) is 9.40. The molecule has 80 valence electrons. The minimum absolute atomic E-state index is 0.548. The summed E-state index contributed by atoms with van der Waals surface area (Å²) in [5.74, 6) is 0. The highest BCUT2D eigenvalue weighted by Gasteiger charge is 2.25. The molecule has 0 unspecified atom stereocenters. The summed E-state index contributed by atoms with van der Waals surface area (Å²) in [5, 5.41) is 10.2. The molecule has 0 radical (unpaired) electrons. The van der Waals surface area contributed by atoms with E-state index < -0.39 is 5.60 Å². The molecule has 1 heteroatoms. The Labute approximate surface area is 91.4 Å². The van der Waals surface area contributed by atoms with Crippen LogP contribution in [0.15, 0.2) is 36.4 Å². The molecule has 0 aromatic heterocycles. The maximum atomic E-state index is 10.2. The monoisotopic (exact) mass is 202 g/mol. The molecule has 15 heavy (non-hydrogen) atoms. The number of rotatable bonds is 2. The summed E-state index contributed by atoms with van der Waals surface area (Å²) in [5.41, 5.74) is 0.616. The molecule has 1 fully saturated rings. The molecule has 0 aliphatic heterocycles. The fourth-order valence-electron chi connectivity index (χ4n) is 2.15. The lowest BCUT2D eigenvalue weighted by Gasteiger charge is -2.28. The van der Waals surface area contributed by atoms with Gasteiger partial charge >= 0.3 is 0 Å². The van der Waals surface area contributed by atoms with Crippen LogP contribution in [0.25, 0.3) is 6.08 Å². The molecule has 0 atom stereocenters. The van der Waals surface area contributed by atoms with Crippen molar-refractivity contribution in [1.29, 1.82) is 0 Å². The highest BCUT2D eigenvalue weighted by Crippen LogP contribution is 2.29. The lowest BCUT2D eigenvalue weighted by molar-refractivity contribution is 0.0521. The highest BCUT2D eigenvalue weighted by atomic mass is 16.3. The van der Waals surface area contributed by atoms with Gasteiger partial charge in [-0.05, 0) is 18.4 Å². The Hall–Kier alpha value is -1.08. The fourth-order valence-corrected chi connectivity index (χ4v) is 2.15. The fraction of sp³-hybridized carbons (Fsp3) is 0.429. The molecule has 1 saturated carbocycles. The summed E-state index contributed by atoms with van der Waals surface area (Å²) in [7, 11) is 0. The first-order valence-electron chi connectivity index (χ1n) is 5.75. The van der Waals surface area contributed by atoms with E-state index in [1.54, 1.807) is 0 Å². The van der Waals surface area contributed by atoms with Gasteiger partial charge in [0.05, 0.1) is 5.60 Å². The first-order valence-corrected chi connectivity index (χ1v) is 5.75. The molecule has 1 aliphatic rings. The Bertz CT molecular complexity index is 320. The molecule has 0 saturated heterocycles. The minimum atomic E-state index is -0.548. The van der Waals surface area contributed by atoms with Crippen LogP contribution in [0.4, 0.5) is 0 Å². The quantitative estimate of drug-likeness (QED) is 0.779. The van der Waals surface area contributed by atoms with Gasteiger partial charge in [-0.3, -0.25) is 0 Å². The lowest BCUT2D eigenvalue weighted by atomic mass is 9.84. The van der Waals surface area contributed by atoms with Crippen LogP contribution in [0, 0.1) is 0 Å². The first kappa shape index (κ1) is 10.4. The third-order valence-corrected chi connectivity index (χ3v) is 3.10. The summed E-state index contributed by atoms with van der Waals surface area (Å²) in [6, 6.07) is 10.2. The van der Waals surface area contributed by atoms with Gasteiger partial charge in [-0.25, -0.2) is 0 Å². The summed E-state index contributed by atoms with van der Waals surface area (Å²) >= 11 is 0. The predicted molar refractivity (Wildman–Crippen MR) is 63.5 cm³/mol. The Balaban J connectivity index is 2.04. The van der Waals surface area contributed by atoms with Gasteiger partial charge in [-0.15, -0.1) is 0 Å². The average Bonchev–Trinajstić information content (AvgIpc) is 2.29. The molecular formula is C14H18O. The van der Waals surface area contributed by atoms with Gasteiger partial charge in [0.2, 0.25) is 0 Å². The Morgan fingerprint density at radius 3 is 2.33 bits per heavy atom. The van der Waals surface area contributed by atoms with Crippen LogP contribution in [0.5, 0.6) is 0 Å². The molecule has 0 amide bonds. The number of hydrogen-bond acceptors (Lipinski definition) is 1. The maximum absolute atomic E-state index is 10.2. The molecular weight excluding hydrogens is 184 g/mol. The Morgan fingerprint density at radius 2 is 1.67 bits per heavy atom. The largest absolute Gasteiger partial charge is 0.386 e. The van der Waals surface area contributed by atoms with E-state index in [1.165, 1.54) is 6.42 Å². The van der Waals surface area contributed by atoms with Gasteiger partial charge in [-0.1, -0.05) is 61.7 Å². The molecule has 1 aromatic carbocycles. The second kappa shape index (κ2) is 4.63. The smallest absolute Gasteiger partial charge is 0.0830 e. The Kier molecular flexibility index (Phi) is 3.22. The van der Waals surface area contributed by atoms with Gasteiger partial charge in [0.15, 0.2) is 0 Å². The second-order valence-corrected chi connectivity index (χ2v) is 4.41. The van der Waals surface area contributed by atoms with Crippen LogP contribution in [0.3, 0.4) is 0 Å². The molecule has 0 spiro atoms. The third kappa shape index (κ3) is 2.93. The van der Waals surface area contributed by atoms with E-state index in [2.05, 4.69) is 12.1 Å². The van der Waals surface area contributed by atoms with Crippen LogP contribution in [0.1, 0.15) is 37.7 Å². The van der Waals surface area contributed by atoms with E-state index in [9.17, 15) is 5.11 Å². The van der Waals surface area contributed by atoms with E-state index in [0.29, 0.717) is 0 Å². The van der Waals surface area contributed by atoms with E-state index in [4.69, 9.17) is 0 Å². The zero-order valence-corrected chi connectivity index (χ0v) is 9.02. The van der Waals surface area contributed by atoms with Crippen molar-refractivity contribution in [3.63, 3.8) is 0 Å².